The van der Waals surface area contributed by atoms with Crippen LogP contribution in [0.4, 0.5) is 17.1 Å². The van der Waals surface area contributed by atoms with Crippen LogP contribution in [0.3, 0.4) is 0 Å². The second kappa shape index (κ2) is 11.2. The summed E-state index contributed by atoms with van der Waals surface area (Å²) < 4.78 is 1.27. The highest BCUT2D eigenvalue weighted by Crippen LogP contribution is 2.44. The van der Waals surface area contributed by atoms with Crippen LogP contribution in [0.25, 0.3) is 60.0 Å². The fraction of sp³-hybridized carbons (Fsp3) is 0.0233. The molecule has 0 saturated heterocycles. The van der Waals surface area contributed by atoms with E-state index in [4.69, 9.17) is 0 Å². The zero-order valence-electron chi connectivity index (χ0n) is 25.1. The predicted octanol–water partition coefficient (Wildman–Crippen LogP) is 13.0. The number of aryl methyl sites for hydroxylation is 1. The van der Waals surface area contributed by atoms with E-state index in [2.05, 4.69) is 170 Å². The molecule has 0 radical (unpaired) electrons. The van der Waals surface area contributed by atoms with Gasteiger partial charge in [0.15, 0.2) is 0 Å². The van der Waals surface area contributed by atoms with Gasteiger partial charge < -0.3 is 4.90 Å². The summed E-state index contributed by atoms with van der Waals surface area (Å²) in [7, 11) is 0. The molecule has 2 heteroatoms. The Morgan fingerprint density at radius 2 is 1.00 bits per heavy atom. The smallest absolute Gasteiger partial charge is 0.0640 e. The molecule has 0 aliphatic heterocycles. The molecular formula is C43H31NS. The average Bonchev–Trinajstić information content (AvgIpc) is 3.44. The van der Waals surface area contributed by atoms with Crippen molar-refractivity contribution in [2.24, 2.45) is 0 Å². The first kappa shape index (κ1) is 27.1. The van der Waals surface area contributed by atoms with Crippen LogP contribution >= 0.6 is 11.3 Å². The van der Waals surface area contributed by atoms with Gasteiger partial charge in [-0.1, -0.05) is 122 Å². The molecule has 0 unspecified atom stereocenters. The highest BCUT2D eigenvalue weighted by atomic mass is 32.1. The van der Waals surface area contributed by atoms with Crippen molar-refractivity contribution < 1.29 is 0 Å². The van der Waals surface area contributed by atoms with Crippen LogP contribution in [0.15, 0.2) is 158 Å². The van der Waals surface area contributed by atoms with E-state index in [0.717, 1.165) is 11.4 Å². The molecule has 1 aromatic heterocycles. The Balaban J connectivity index is 1.23. The molecule has 8 rings (SSSR count). The van der Waals surface area contributed by atoms with E-state index in [1.165, 1.54) is 70.0 Å². The molecule has 7 aromatic carbocycles. The average molecular weight is 594 g/mol. The summed E-state index contributed by atoms with van der Waals surface area (Å²) in [5, 5.41) is 6.27. The number of hydrogen-bond donors (Lipinski definition) is 0. The number of nitrogens with zero attached hydrogens (tertiary/aromatic N) is 1. The van der Waals surface area contributed by atoms with E-state index in [0.29, 0.717) is 0 Å². The highest BCUT2D eigenvalue weighted by Gasteiger charge is 2.19. The minimum atomic E-state index is 1.12. The Labute approximate surface area is 268 Å². The summed E-state index contributed by atoms with van der Waals surface area (Å²) >= 11 is 1.84. The molecular weight excluding hydrogens is 563 g/mol. The van der Waals surface area contributed by atoms with Crippen LogP contribution in [-0.2, 0) is 0 Å². The molecule has 0 spiro atoms. The van der Waals surface area contributed by atoms with Crippen molar-refractivity contribution in [3.63, 3.8) is 0 Å². The molecule has 214 valence electrons. The van der Waals surface area contributed by atoms with E-state index in [-0.39, 0.29) is 0 Å². The second-order valence-electron chi connectivity index (χ2n) is 11.5. The van der Waals surface area contributed by atoms with Crippen LogP contribution in [0, 0.1) is 6.92 Å². The third kappa shape index (κ3) is 4.90. The van der Waals surface area contributed by atoms with Gasteiger partial charge in [0.05, 0.1) is 10.4 Å². The molecule has 0 aliphatic rings. The largest absolute Gasteiger partial charge is 0.309 e. The highest BCUT2D eigenvalue weighted by molar-refractivity contribution is 7.20. The monoisotopic (exact) mass is 593 g/mol. The number of benzene rings is 7. The Bertz CT molecular complexity index is 2220. The summed E-state index contributed by atoms with van der Waals surface area (Å²) in [5.41, 5.74) is 9.48. The van der Waals surface area contributed by atoms with E-state index in [1.54, 1.807) is 0 Å². The number of hydrogen-bond acceptors (Lipinski definition) is 2. The first-order chi connectivity index (χ1) is 22.2. The fourth-order valence-corrected chi connectivity index (χ4v) is 7.60. The topological polar surface area (TPSA) is 3.24 Å². The molecule has 8 aromatic rings. The summed E-state index contributed by atoms with van der Waals surface area (Å²) in [5.74, 6) is 0. The maximum absolute atomic E-state index is 4.11. The van der Waals surface area contributed by atoms with E-state index in [9.17, 15) is 0 Å². The van der Waals surface area contributed by atoms with Crippen LogP contribution < -0.4 is 4.90 Å². The molecule has 0 N–H and O–H groups in total. The standard InChI is InChI=1S/C43H31NS/c1-3-40-29(2)45-43-41(40)13-8-14-42(43)44(38-23-19-32(20-24-38)36-17-15-30-9-4-6-11-34(30)27-36)39-25-21-33(22-26-39)37-18-16-31-10-5-7-12-35(31)28-37/h3-28H,1H2,2H3. The lowest BCUT2D eigenvalue weighted by Crippen LogP contribution is -2.10. The van der Waals surface area contributed by atoms with Gasteiger partial charge in [0.2, 0.25) is 0 Å². The van der Waals surface area contributed by atoms with E-state index < -0.39 is 0 Å². The van der Waals surface area contributed by atoms with Gasteiger partial charge in [-0.05, 0) is 98.8 Å². The number of thiophene rings is 1. The number of rotatable bonds is 6. The maximum atomic E-state index is 4.11. The summed E-state index contributed by atoms with van der Waals surface area (Å²) in [6, 6.07) is 55.0. The Morgan fingerprint density at radius 1 is 0.511 bits per heavy atom. The molecule has 1 nitrogen and oxygen atoms in total. The number of fused-ring (bicyclic) bond motifs is 3. The van der Waals surface area contributed by atoms with Crippen molar-refractivity contribution in [3.05, 3.63) is 169 Å². The minimum absolute atomic E-state index is 1.12. The molecule has 0 aliphatic carbocycles. The van der Waals surface area contributed by atoms with Crippen LogP contribution in [-0.4, -0.2) is 0 Å². The lowest BCUT2D eigenvalue weighted by Gasteiger charge is -2.26. The quantitative estimate of drug-likeness (QED) is 0.185. The zero-order chi connectivity index (χ0) is 30.3. The molecule has 0 fully saturated rings. The normalized spacial score (nSPS) is 11.3. The molecule has 45 heavy (non-hydrogen) atoms. The van der Waals surface area contributed by atoms with Gasteiger partial charge in [0, 0.05) is 21.6 Å². The second-order valence-corrected chi connectivity index (χ2v) is 12.7. The number of anilines is 3. The predicted molar refractivity (Wildman–Crippen MR) is 197 cm³/mol. The van der Waals surface area contributed by atoms with Gasteiger partial charge >= 0.3 is 0 Å². The van der Waals surface area contributed by atoms with E-state index in [1.807, 2.05) is 17.4 Å². The molecule has 0 amide bonds. The Morgan fingerprint density at radius 3 is 1.51 bits per heavy atom. The van der Waals surface area contributed by atoms with Crippen molar-refractivity contribution in [1.29, 1.82) is 0 Å². The first-order valence-electron chi connectivity index (χ1n) is 15.3. The zero-order valence-corrected chi connectivity index (χ0v) is 25.9. The van der Waals surface area contributed by atoms with Crippen molar-refractivity contribution in [2.75, 3.05) is 4.90 Å². The summed E-state index contributed by atoms with van der Waals surface area (Å²) in [6.07, 6.45) is 1.99. The van der Waals surface area contributed by atoms with Crippen LogP contribution in [0.5, 0.6) is 0 Å². The van der Waals surface area contributed by atoms with Gasteiger partial charge in [-0.3, -0.25) is 0 Å². The summed E-state index contributed by atoms with van der Waals surface area (Å²) in [4.78, 5) is 3.67. The SMILES string of the molecule is C=Cc1c(C)sc2c(N(c3ccc(-c4ccc5ccccc5c4)cc3)c3ccc(-c4ccc5ccccc5c4)cc3)cccc12. The van der Waals surface area contributed by atoms with E-state index >= 15 is 0 Å². The minimum Gasteiger partial charge on any atom is -0.309 e. The molecule has 0 saturated carbocycles. The van der Waals surface area contributed by atoms with Crippen molar-refractivity contribution in [2.45, 2.75) is 6.92 Å². The first-order valence-corrected chi connectivity index (χ1v) is 16.1. The molecule has 0 bridgehead atoms. The van der Waals surface area contributed by atoms with Crippen LogP contribution in [0.1, 0.15) is 10.4 Å². The maximum Gasteiger partial charge on any atom is 0.0640 e. The lowest BCUT2D eigenvalue weighted by molar-refractivity contribution is 1.30. The molecule has 1 heterocycles. The fourth-order valence-electron chi connectivity index (χ4n) is 6.44. The molecule has 0 atom stereocenters. The Kier molecular flexibility index (Phi) is 6.78. The Hall–Kier alpha value is -5.44. The van der Waals surface area contributed by atoms with Crippen molar-refractivity contribution in [1.82, 2.24) is 0 Å². The van der Waals surface area contributed by atoms with Gasteiger partial charge in [-0.15, -0.1) is 11.3 Å². The van der Waals surface area contributed by atoms with Crippen LogP contribution in [0.2, 0.25) is 0 Å². The lowest BCUT2D eigenvalue weighted by atomic mass is 10.00. The summed E-state index contributed by atoms with van der Waals surface area (Å²) in [6.45, 7) is 6.30. The van der Waals surface area contributed by atoms with Gasteiger partial charge in [-0.25, -0.2) is 0 Å². The van der Waals surface area contributed by atoms with Gasteiger partial charge in [0.1, 0.15) is 0 Å². The van der Waals surface area contributed by atoms with Gasteiger partial charge in [0.25, 0.3) is 0 Å². The van der Waals surface area contributed by atoms with Crippen molar-refractivity contribution >= 4 is 66.1 Å². The van der Waals surface area contributed by atoms with Crippen molar-refractivity contribution in [3.8, 4) is 22.3 Å². The third-order valence-corrected chi connectivity index (χ3v) is 9.94. The third-order valence-electron chi connectivity index (χ3n) is 8.78. The van der Waals surface area contributed by atoms with Gasteiger partial charge in [-0.2, -0.15) is 0 Å².